The lowest BCUT2D eigenvalue weighted by Gasteiger charge is -2.33. The first kappa shape index (κ1) is 12.9. The number of aliphatic hydroxyl groups is 2. The molecule has 1 aliphatic carbocycles. The lowest BCUT2D eigenvalue weighted by Crippen LogP contribution is -2.49. The fraction of sp³-hybridized carbons (Fsp3) is 1.00. The molecule has 0 aliphatic heterocycles. The quantitative estimate of drug-likeness (QED) is 0.647. The van der Waals surface area contributed by atoms with E-state index in [-0.39, 0.29) is 18.8 Å². The molecule has 3 atom stereocenters. The Kier molecular flexibility index (Phi) is 5.58. The van der Waals surface area contributed by atoms with Crippen LogP contribution in [-0.2, 0) is 0 Å². The summed E-state index contributed by atoms with van der Waals surface area (Å²) >= 11 is 0. The molecule has 1 fully saturated rings. The third-order valence-corrected chi connectivity index (χ3v) is 3.40. The molecular formula is C12H25NO2. The summed E-state index contributed by atoms with van der Waals surface area (Å²) in [6.07, 6.45) is 4.92. The standard InChI is InChI=1S/C12H25NO2/c1-9(2)10(7-8-14)13-11-5-3-4-6-12(11)15/h9-15H,3-8H2,1-2H3/t10?,11-,12-/m0/s1. The van der Waals surface area contributed by atoms with Gasteiger partial charge in [-0.05, 0) is 25.2 Å². The first-order chi connectivity index (χ1) is 7.15. The Morgan fingerprint density at radius 2 is 1.93 bits per heavy atom. The Bertz CT molecular complexity index is 171. The number of rotatable bonds is 5. The Labute approximate surface area is 92.9 Å². The van der Waals surface area contributed by atoms with E-state index in [1.165, 1.54) is 6.42 Å². The highest BCUT2D eigenvalue weighted by Gasteiger charge is 2.26. The van der Waals surface area contributed by atoms with E-state index in [0.717, 1.165) is 25.7 Å². The van der Waals surface area contributed by atoms with Gasteiger partial charge in [0.1, 0.15) is 0 Å². The summed E-state index contributed by atoms with van der Waals surface area (Å²) in [4.78, 5) is 0. The Hall–Kier alpha value is -0.120. The second-order valence-corrected chi connectivity index (χ2v) is 4.99. The highest BCUT2D eigenvalue weighted by molar-refractivity contribution is 4.84. The van der Waals surface area contributed by atoms with Crippen molar-refractivity contribution in [2.45, 2.75) is 64.1 Å². The molecule has 1 aliphatic rings. The van der Waals surface area contributed by atoms with Gasteiger partial charge in [-0.1, -0.05) is 26.7 Å². The molecule has 1 rings (SSSR count). The van der Waals surface area contributed by atoms with Crippen LogP contribution in [0, 0.1) is 5.92 Å². The molecule has 0 bridgehead atoms. The molecule has 0 aromatic rings. The van der Waals surface area contributed by atoms with Crippen LogP contribution in [0.2, 0.25) is 0 Å². The van der Waals surface area contributed by atoms with Crippen molar-refractivity contribution in [3.05, 3.63) is 0 Å². The lowest BCUT2D eigenvalue weighted by molar-refractivity contribution is 0.0777. The van der Waals surface area contributed by atoms with Crippen molar-refractivity contribution in [1.82, 2.24) is 5.32 Å². The monoisotopic (exact) mass is 215 g/mol. The first-order valence-corrected chi connectivity index (χ1v) is 6.20. The maximum atomic E-state index is 9.84. The average molecular weight is 215 g/mol. The maximum absolute atomic E-state index is 9.84. The molecule has 0 saturated heterocycles. The predicted octanol–water partition coefficient (Wildman–Crippen LogP) is 1.29. The van der Waals surface area contributed by atoms with Crippen molar-refractivity contribution >= 4 is 0 Å². The smallest absolute Gasteiger partial charge is 0.0693 e. The molecule has 3 N–H and O–H groups in total. The van der Waals surface area contributed by atoms with Crippen LogP contribution in [0.5, 0.6) is 0 Å². The molecule has 0 amide bonds. The Morgan fingerprint density at radius 1 is 1.27 bits per heavy atom. The van der Waals surface area contributed by atoms with E-state index in [4.69, 9.17) is 5.11 Å². The van der Waals surface area contributed by atoms with E-state index in [9.17, 15) is 5.11 Å². The van der Waals surface area contributed by atoms with Gasteiger partial charge in [0.15, 0.2) is 0 Å². The molecule has 3 nitrogen and oxygen atoms in total. The van der Waals surface area contributed by atoms with Crippen LogP contribution in [0.15, 0.2) is 0 Å². The second kappa shape index (κ2) is 6.46. The Morgan fingerprint density at radius 3 is 2.47 bits per heavy atom. The molecule has 1 saturated carbocycles. The molecule has 3 heteroatoms. The zero-order chi connectivity index (χ0) is 11.3. The van der Waals surface area contributed by atoms with Crippen molar-refractivity contribution in [2.24, 2.45) is 5.92 Å². The number of hydrogen-bond acceptors (Lipinski definition) is 3. The van der Waals surface area contributed by atoms with Crippen molar-refractivity contribution < 1.29 is 10.2 Å². The van der Waals surface area contributed by atoms with E-state index < -0.39 is 0 Å². The molecular weight excluding hydrogens is 190 g/mol. The molecule has 0 aromatic heterocycles. The summed E-state index contributed by atoms with van der Waals surface area (Å²) in [5.74, 6) is 0.506. The number of nitrogens with one attached hydrogen (secondary N) is 1. The first-order valence-electron chi connectivity index (χ1n) is 6.20. The zero-order valence-corrected chi connectivity index (χ0v) is 9.95. The van der Waals surface area contributed by atoms with Crippen molar-refractivity contribution in [1.29, 1.82) is 0 Å². The van der Waals surface area contributed by atoms with E-state index in [1.807, 2.05) is 0 Å². The van der Waals surface area contributed by atoms with Crippen LogP contribution in [-0.4, -0.2) is 35.0 Å². The Balaban J connectivity index is 2.41. The fourth-order valence-corrected chi connectivity index (χ4v) is 2.33. The molecule has 1 unspecified atom stereocenters. The van der Waals surface area contributed by atoms with Crippen LogP contribution in [0.25, 0.3) is 0 Å². The van der Waals surface area contributed by atoms with Gasteiger partial charge in [0, 0.05) is 18.7 Å². The van der Waals surface area contributed by atoms with Gasteiger partial charge in [-0.15, -0.1) is 0 Å². The molecule has 0 radical (unpaired) electrons. The van der Waals surface area contributed by atoms with Crippen molar-refractivity contribution in [2.75, 3.05) is 6.61 Å². The zero-order valence-electron chi connectivity index (χ0n) is 9.95. The van der Waals surface area contributed by atoms with Gasteiger partial charge >= 0.3 is 0 Å². The van der Waals surface area contributed by atoms with E-state index in [1.54, 1.807) is 0 Å². The predicted molar refractivity (Wildman–Crippen MR) is 61.7 cm³/mol. The molecule has 0 heterocycles. The highest BCUT2D eigenvalue weighted by atomic mass is 16.3. The number of hydrogen-bond donors (Lipinski definition) is 3. The SMILES string of the molecule is CC(C)C(CCO)N[C@H]1CCCC[C@@H]1O. The summed E-state index contributed by atoms with van der Waals surface area (Å²) in [7, 11) is 0. The summed E-state index contributed by atoms with van der Waals surface area (Å²) < 4.78 is 0. The van der Waals surface area contributed by atoms with Crippen LogP contribution >= 0.6 is 0 Å². The second-order valence-electron chi connectivity index (χ2n) is 4.99. The minimum absolute atomic E-state index is 0.196. The summed E-state index contributed by atoms with van der Waals surface area (Å²) in [6.45, 7) is 4.53. The molecule has 0 aromatic carbocycles. The topological polar surface area (TPSA) is 52.5 Å². The van der Waals surface area contributed by atoms with Crippen molar-refractivity contribution in [3.8, 4) is 0 Å². The van der Waals surface area contributed by atoms with Gasteiger partial charge in [0.05, 0.1) is 6.10 Å². The van der Waals surface area contributed by atoms with Gasteiger partial charge in [0.25, 0.3) is 0 Å². The van der Waals surface area contributed by atoms with Gasteiger partial charge in [-0.25, -0.2) is 0 Å². The van der Waals surface area contributed by atoms with Crippen LogP contribution in [0.4, 0.5) is 0 Å². The summed E-state index contributed by atoms with van der Waals surface area (Å²) in [5, 5.41) is 22.3. The fourth-order valence-electron chi connectivity index (χ4n) is 2.33. The molecule has 0 spiro atoms. The third kappa shape index (κ3) is 4.09. The van der Waals surface area contributed by atoms with Crippen LogP contribution in [0.1, 0.15) is 46.0 Å². The summed E-state index contributed by atoms with van der Waals surface area (Å²) in [5.41, 5.74) is 0. The van der Waals surface area contributed by atoms with Crippen LogP contribution in [0.3, 0.4) is 0 Å². The number of aliphatic hydroxyl groups excluding tert-OH is 2. The van der Waals surface area contributed by atoms with E-state index in [2.05, 4.69) is 19.2 Å². The van der Waals surface area contributed by atoms with E-state index in [0.29, 0.717) is 12.0 Å². The minimum atomic E-state index is -0.196. The van der Waals surface area contributed by atoms with Gasteiger partial charge < -0.3 is 15.5 Å². The normalized spacial score (nSPS) is 29.4. The summed E-state index contributed by atoms with van der Waals surface area (Å²) in [6, 6.07) is 0.561. The third-order valence-electron chi connectivity index (χ3n) is 3.40. The lowest BCUT2D eigenvalue weighted by atomic mass is 9.90. The van der Waals surface area contributed by atoms with Gasteiger partial charge in [-0.2, -0.15) is 0 Å². The largest absolute Gasteiger partial charge is 0.396 e. The minimum Gasteiger partial charge on any atom is -0.396 e. The van der Waals surface area contributed by atoms with Gasteiger partial charge in [0.2, 0.25) is 0 Å². The van der Waals surface area contributed by atoms with Gasteiger partial charge in [-0.3, -0.25) is 0 Å². The average Bonchev–Trinajstić information content (AvgIpc) is 2.20. The van der Waals surface area contributed by atoms with Crippen molar-refractivity contribution in [3.63, 3.8) is 0 Å². The highest BCUT2D eigenvalue weighted by Crippen LogP contribution is 2.20. The van der Waals surface area contributed by atoms with E-state index >= 15 is 0 Å². The van der Waals surface area contributed by atoms with Crippen LogP contribution < -0.4 is 5.32 Å². The molecule has 90 valence electrons. The maximum Gasteiger partial charge on any atom is 0.0693 e. The molecule has 15 heavy (non-hydrogen) atoms.